The zero-order chi connectivity index (χ0) is 9.54. The van der Waals surface area contributed by atoms with Crippen LogP contribution < -0.4 is 5.56 Å². The molecule has 1 aromatic heterocycles. The molecule has 14 heavy (non-hydrogen) atoms. The lowest BCUT2D eigenvalue weighted by Crippen LogP contribution is -2.31. The summed E-state index contributed by atoms with van der Waals surface area (Å²) < 4.78 is 1.71. The molecular formula is C11H14N2O. The van der Waals surface area contributed by atoms with Gasteiger partial charge in [-0.25, -0.2) is 4.68 Å². The largest absolute Gasteiger partial charge is 0.268 e. The third-order valence-corrected chi connectivity index (χ3v) is 3.26. The van der Waals surface area contributed by atoms with Crippen molar-refractivity contribution in [1.82, 2.24) is 9.78 Å². The fourth-order valence-corrected chi connectivity index (χ4v) is 1.93. The van der Waals surface area contributed by atoms with Crippen LogP contribution in [-0.4, -0.2) is 9.78 Å². The monoisotopic (exact) mass is 190 g/mol. The molecule has 0 radical (unpaired) electrons. The van der Waals surface area contributed by atoms with E-state index in [1.165, 1.54) is 19.3 Å². The maximum absolute atomic E-state index is 11.5. The van der Waals surface area contributed by atoms with Gasteiger partial charge in [0.15, 0.2) is 0 Å². The molecule has 0 amide bonds. The molecular weight excluding hydrogens is 176 g/mol. The minimum Gasteiger partial charge on any atom is -0.268 e. The Bertz CT molecular complexity index is 402. The van der Waals surface area contributed by atoms with Gasteiger partial charge in [0.25, 0.3) is 5.56 Å². The van der Waals surface area contributed by atoms with E-state index < -0.39 is 0 Å². The first-order valence-electron chi connectivity index (χ1n) is 5.44. The van der Waals surface area contributed by atoms with Gasteiger partial charge in [0.2, 0.25) is 0 Å². The fourth-order valence-electron chi connectivity index (χ4n) is 1.93. The van der Waals surface area contributed by atoms with Crippen molar-refractivity contribution in [2.24, 2.45) is 0 Å². The lowest BCUT2D eigenvalue weighted by molar-refractivity contribution is 0.276. The number of aromatic nitrogens is 2. The molecule has 2 fully saturated rings. The molecule has 3 heteroatoms. The third-order valence-electron chi connectivity index (χ3n) is 3.26. The van der Waals surface area contributed by atoms with Gasteiger partial charge >= 0.3 is 0 Å². The highest BCUT2D eigenvalue weighted by molar-refractivity contribution is 5.13. The maximum Gasteiger partial charge on any atom is 0.267 e. The lowest BCUT2D eigenvalue weighted by atomic mass is 9.93. The summed E-state index contributed by atoms with van der Waals surface area (Å²) in [5.74, 6) is 0.641. The number of rotatable bonds is 2. The van der Waals surface area contributed by atoms with E-state index in [0.29, 0.717) is 12.0 Å². The van der Waals surface area contributed by atoms with Crippen LogP contribution in [0.25, 0.3) is 0 Å². The standard InChI is InChI=1S/C11H14N2O/c14-11-7-6-10(8-4-5-8)12-13(11)9-2-1-3-9/h6-9H,1-5H2. The van der Waals surface area contributed by atoms with Gasteiger partial charge in [-0.05, 0) is 38.2 Å². The molecule has 1 heterocycles. The number of nitrogens with zero attached hydrogens (tertiary/aromatic N) is 2. The van der Waals surface area contributed by atoms with Crippen molar-refractivity contribution in [2.45, 2.75) is 44.1 Å². The van der Waals surface area contributed by atoms with Crippen molar-refractivity contribution in [3.63, 3.8) is 0 Å². The molecule has 3 nitrogen and oxygen atoms in total. The molecule has 0 unspecified atom stereocenters. The Kier molecular flexibility index (Phi) is 1.72. The van der Waals surface area contributed by atoms with Gasteiger partial charge in [-0.3, -0.25) is 4.79 Å². The number of hydrogen-bond donors (Lipinski definition) is 0. The van der Waals surface area contributed by atoms with E-state index in [-0.39, 0.29) is 5.56 Å². The lowest BCUT2D eigenvalue weighted by Gasteiger charge is -2.26. The molecule has 3 rings (SSSR count). The van der Waals surface area contributed by atoms with E-state index in [0.717, 1.165) is 18.5 Å². The average Bonchev–Trinajstić information content (AvgIpc) is 2.88. The third kappa shape index (κ3) is 1.27. The van der Waals surface area contributed by atoms with Crippen molar-refractivity contribution < 1.29 is 0 Å². The predicted molar refractivity (Wildman–Crippen MR) is 53.4 cm³/mol. The minimum atomic E-state index is 0.0686. The molecule has 0 aromatic carbocycles. The summed E-state index contributed by atoms with van der Waals surface area (Å²) in [5.41, 5.74) is 1.19. The van der Waals surface area contributed by atoms with E-state index in [4.69, 9.17) is 0 Å². The summed E-state index contributed by atoms with van der Waals surface area (Å²) in [4.78, 5) is 11.5. The van der Waals surface area contributed by atoms with Crippen molar-refractivity contribution in [1.29, 1.82) is 0 Å². The van der Waals surface area contributed by atoms with Crippen LogP contribution in [0.1, 0.15) is 49.8 Å². The summed E-state index contributed by atoms with van der Waals surface area (Å²) in [6.45, 7) is 0. The van der Waals surface area contributed by atoms with Crippen molar-refractivity contribution in [3.05, 3.63) is 28.2 Å². The maximum atomic E-state index is 11.5. The van der Waals surface area contributed by atoms with Crippen molar-refractivity contribution in [2.75, 3.05) is 0 Å². The Hall–Kier alpha value is -1.12. The van der Waals surface area contributed by atoms with Crippen LogP contribution in [0.15, 0.2) is 16.9 Å². The van der Waals surface area contributed by atoms with E-state index in [1.807, 2.05) is 6.07 Å². The van der Waals surface area contributed by atoms with Gasteiger partial charge in [-0.2, -0.15) is 5.10 Å². The Morgan fingerprint density at radius 1 is 1.21 bits per heavy atom. The molecule has 2 saturated carbocycles. The first-order chi connectivity index (χ1) is 6.84. The van der Waals surface area contributed by atoms with Crippen LogP contribution in [0, 0.1) is 0 Å². The highest BCUT2D eigenvalue weighted by Crippen LogP contribution is 2.39. The second kappa shape index (κ2) is 2.94. The molecule has 0 spiro atoms. The van der Waals surface area contributed by atoms with Crippen LogP contribution in [0.4, 0.5) is 0 Å². The van der Waals surface area contributed by atoms with Crippen molar-refractivity contribution >= 4 is 0 Å². The zero-order valence-corrected chi connectivity index (χ0v) is 8.15. The highest BCUT2D eigenvalue weighted by atomic mass is 16.1. The zero-order valence-electron chi connectivity index (χ0n) is 8.15. The van der Waals surface area contributed by atoms with Gasteiger partial charge in [-0.1, -0.05) is 0 Å². The smallest absolute Gasteiger partial charge is 0.267 e. The molecule has 0 bridgehead atoms. The van der Waals surface area contributed by atoms with Crippen LogP contribution >= 0.6 is 0 Å². The quantitative estimate of drug-likeness (QED) is 0.713. The average molecular weight is 190 g/mol. The van der Waals surface area contributed by atoms with Gasteiger partial charge in [-0.15, -0.1) is 0 Å². The van der Waals surface area contributed by atoms with Gasteiger partial charge in [0, 0.05) is 12.0 Å². The van der Waals surface area contributed by atoms with Crippen LogP contribution in [-0.2, 0) is 0 Å². The van der Waals surface area contributed by atoms with E-state index in [2.05, 4.69) is 5.10 Å². The minimum absolute atomic E-state index is 0.0686. The molecule has 0 saturated heterocycles. The highest BCUT2D eigenvalue weighted by Gasteiger charge is 2.27. The molecule has 74 valence electrons. The second-order valence-corrected chi connectivity index (χ2v) is 4.40. The normalized spacial score (nSPS) is 22.0. The van der Waals surface area contributed by atoms with E-state index in [9.17, 15) is 4.79 Å². The summed E-state index contributed by atoms with van der Waals surface area (Å²) >= 11 is 0. The van der Waals surface area contributed by atoms with Gasteiger partial charge < -0.3 is 0 Å². The second-order valence-electron chi connectivity index (χ2n) is 4.40. The van der Waals surface area contributed by atoms with Gasteiger partial charge in [0.1, 0.15) is 0 Å². The molecule has 0 N–H and O–H groups in total. The topological polar surface area (TPSA) is 34.9 Å². The molecule has 0 aliphatic heterocycles. The summed E-state index contributed by atoms with van der Waals surface area (Å²) in [6, 6.07) is 3.97. The molecule has 1 aromatic rings. The van der Waals surface area contributed by atoms with Gasteiger partial charge in [0.05, 0.1) is 11.7 Å². The fraction of sp³-hybridized carbons (Fsp3) is 0.636. The first kappa shape index (κ1) is 8.21. The molecule has 2 aliphatic carbocycles. The first-order valence-corrected chi connectivity index (χ1v) is 5.44. The molecule has 0 atom stereocenters. The number of hydrogen-bond acceptors (Lipinski definition) is 2. The Morgan fingerprint density at radius 3 is 2.57 bits per heavy atom. The van der Waals surface area contributed by atoms with Crippen LogP contribution in [0.3, 0.4) is 0 Å². The summed E-state index contributed by atoms with van der Waals surface area (Å²) in [6.07, 6.45) is 5.99. The Balaban J connectivity index is 1.98. The molecule has 2 aliphatic rings. The van der Waals surface area contributed by atoms with Crippen molar-refractivity contribution in [3.8, 4) is 0 Å². The van der Waals surface area contributed by atoms with E-state index in [1.54, 1.807) is 10.7 Å². The SMILES string of the molecule is O=c1ccc(C2CC2)nn1C1CCC1. The predicted octanol–water partition coefficient (Wildman–Crippen LogP) is 1.85. The Labute approximate surface area is 82.8 Å². The summed E-state index contributed by atoms with van der Waals surface area (Å²) in [5, 5.41) is 4.46. The Morgan fingerprint density at radius 2 is 2.00 bits per heavy atom. The summed E-state index contributed by atoms with van der Waals surface area (Å²) in [7, 11) is 0. The van der Waals surface area contributed by atoms with Crippen LogP contribution in [0.2, 0.25) is 0 Å². The van der Waals surface area contributed by atoms with E-state index >= 15 is 0 Å². The van der Waals surface area contributed by atoms with Crippen LogP contribution in [0.5, 0.6) is 0 Å².